The largest absolute Gasteiger partial charge is 0.493 e. The third-order valence-corrected chi connectivity index (χ3v) is 7.45. The van der Waals surface area contributed by atoms with Crippen molar-refractivity contribution in [1.82, 2.24) is 9.62 Å². The summed E-state index contributed by atoms with van der Waals surface area (Å²) in [6, 6.07) is 6.72. The van der Waals surface area contributed by atoms with Gasteiger partial charge in [-0.15, -0.1) is 0 Å². The second kappa shape index (κ2) is 17.6. The van der Waals surface area contributed by atoms with Crippen molar-refractivity contribution in [1.29, 1.82) is 10.8 Å². The van der Waals surface area contributed by atoms with E-state index in [0.29, 0.717) is 23.3 Å². The zero-order valence-corrected chi connectivity index (χ0v) is 25.2. The van der Waals surface area contributed by atoms with Gasteiger partial charge in [-0.1, -0.05) is 6.07 Å². The average molecular weight is 610 g/mol. The van der Waals surface area contributed by atoms with E-state index in [0.717, 1.165) is 5.39 Å². The van der Waals surface area contributed by atoms with Gasteiger partial charge in [0, 0.05) is 31.0 Å². The molecule has 0 heterocycles. The first-order valence-electron chi connectivity index (χ1n) is 12.9. The van der Waals surface area contributed by atoms with Gasteiger partial charge in [0.15, 0.2) is 17.5 Å². The Balaban J connectivity index is 0.00000431. The highest BCUT2D eigenvalue weighted by Crippen LogP contribution is 2.33. The molecule has 1 unspecified atom stereocenters. The van der Waals surface area contributed by atoms with E-state index in [1.807, 2.05) is 0 Å². The van der Waals surface area contributed by atoms with Gasteiger partial charge in [0.05, 0.1) is 31.8 Å². The standard InChI is InChI=1S/C26H39N5O8S.N2/c1-6-39-24(32)16-31(15-17(2)36-3)25(33)21(8-7-11-29-26(27)28)30-40(34,35)20-10-9-18-13-22(37-4)23(38-5)14-19(18)12-20;1-2/h9-10,12-14,17,21,30H,6-8,11,15-16H2,1-5H3,(H4,27,28,29);/t17?,21-;/m0./s1. The highest BCUT2D eigenvalue weighted by molar-refractivity contribution is 7.89. The maximum Gasteiger partial charge on any atom is 0.325 e. The number of methoxy groups -OCH3 is 3. The quantitative estimate of drug-likeness (QED) is 0.0795. The number of nitrogens with one attached hydrogen (secondary N) is 1. The Labute approximate surface area is 245 Å². The van der Waals surface area contributed by atoms with Crippen molar-refractivity contribution in [2.45, 2.75) is 43.7 Å². The van der Waals surface area contributed by atoms with E-state index < -0.39 is 34.0 Å². The zero-order valence-electron chi connectivity index (χ0n) is 24.4. The van der Waals surface area contributed by atoms with Gasteiger partial charge in [-0.2, -0.15) is 4.72 Å². The summed E-state index contributed by atoms with van der Waals surface area (Å²) >= 11 is 0. The lowest BCUT2D eigenvalue weighted by atomic mass is 10.1. The number of nitrogens with zero attached hydrogens (tertiary/aromatic N) is 4. The number of sulfonamides is 1. The molecule has 1 amide bonds. The maximum atomic E-state index is 13.7. The summed E-state index contributed by atoms with van der Waals surface area (Å²) in [6.07, 6.45) is -0.0723. The van der Waals surface area contributed by atoms with Gasteiger partial charge in [-0.3, -0.25) is 14.6 Å². The summed E-state index contributed by atoms with van der Waals surface area (Å²) in [5.74, 6) is -0.420. The highest BCUT2D eigenvalue weighted by atomic mass is 32.2. The van der Waals surface area contributed by atoms with Gasteiger partial charge >= 0.3 is 5.97 Å². The lowest BCUT2D eigenvalue weighted by Crippen LogP contribution is -2.51. The van der Waals surface area contributed by atoms with Gasteiger partial charge in [-0.25, -0.2) is 8.42 Å². The predicted octanol–water partition coefficient (Wildman–Crippen LogP) is 1.01. The zero-order chi connectivity index (χ0) is 31.9. The van der Waals surface area contributed by atoms with Crippen molar-refractivity contribution in [2.24, 2.45) is 16.5 Å². The van der Waals surface area contributed by atoms with Crippen LogP contribution in [0.5, 0.6) is 11.5 Å². The van der Waals surface area contributed by atoms with Gasteiger partial charge in [0.2, 0.25) is 15.9 Å². The lowest BCUT2D eigenvalue weighted by Gasteiger charge is -2.29. The van der Waals surface area contributed by atoms with Crippen LogP contribution in [-0.2, 0) is 29.1 Å². The van der Waals surface area contributed by atoms with Crippen LogP contribution in [0.1, 0.15) is 26.7 Å². The molecule has 2 aromatic rings. The fourth-order valence-electron chi connectivity index (χ4n) is 3.91. The number of rotatable bonds is 16. The normalized spacial score (nSPS) is 12.3. The molecule has 0 aromatic heterocycles. The third-order valence-electron chi connectivity index (χ3n) is 5.98. The molecule has 0 spiro atoms. The van der Waals surface area contributed by atoms with Gasteiger partial charge in [0.1, 0.15) is 12.6 Å². The fourth-order valence-corrected chi connectivity index (χ4v) is 5.17. The molecule has 0 fully saturated rings. The molecule has 0 saturated carbocycles. The Morgan fingerprint density at radius 3 is 2.21 bits per heavy atom. The van der Waals surface area contributed by atoms with E-state index in [9.17, 15) is 18.0 Å². The summed E-state index contributed by atoms with van der Waals surface area (Å²) in [6.45, 7) is 3.35. The number of carbonyl (C=O) groups excluding carboxylic acids is 2. The van der Waals surface area contributed by atoms with Crippen LogP contribution in [0, 0.1) is 10.8 Å². The summed E-state index contributed by atoms with van der Waals surface area (Å²) in [5.41, 5.74) is 10.8. The number of carbonyl (C=O) groups is 2. The third kappa shape index (κ3) is 10.7. The minimum atomic E-state index is -4.19. The summed E-state index contributed by atoms with van der Waals surface area (Å²) < 4.78 is 50.5. The number of hydrogen-bond acceptors (Lipinski definition) is 11. The number of esters is 1. The Morgan fingerprint density at radius 2 is 1.67 bits per heavy atom. The topological polar surface area (TPSA) is 232 Å². The van der Waals surface area contributed by atoms with Crippen LogP contribution in [0.4, 0.5) is 0 Å². The molecule has 2 rings (SSSR count). The molecule has 0 aliphatic heterocycles. The summed E-state index contributed by atoms with van der Waals surface area (Å²) in [4.78, 5) is 31.0. The summed E-state index contributed by atoms with van der Waals surface area (Å²) in [7, 11) is 0.269. The van der Waals surface area contributed by atoms with Crippen LogP contribution >= 0.6 is 0 Å². The molecule has 2 atom stereocenters. The number of guanidine groups is 1. The van der Waals surface area contributed by atoms with Gasteiger partial charge in [0.25, 0.3) is 0 Å². The van der Waals surface area contributed by atoms with Crippen molar-refractivity contribution in [2.75, 3.05) is 47.6 Å². The van der Waals surface area contributed by atoms with E-state index in [2.05, 4.69) is 9.71 Å². The van der Waals surface area contributed by atoms with E-state index in [1.54, 1.807) is 32.0 Å². The Kier molecular flexibility index (Phi) is 15.0. The van der Waals surface area contributed by atoms with E-state index in [1.165, 1.54) is 38.4 Å². The molecule has 16 heteroatoms. The first-order valence-corrected chi connectivity index (χ1v) is 14.3. The molecular formula is C26H39N7O8S. The molecule has 0 aliphatic carbocycles. The molecule has 42 heavy (non-hydrogen) atoms. The van der Waals surface area contributed by atoms with Crippen molar-refractivity contribution in [3.05, 3.63) is 30.3 Å². The Bertz CT molecular complexity index is 1350. The van der Waals surface area contributed by atoms with E-state index >= 15 is 0 Å². The highest BCUT2D eigenvalue weighted by Gasteiger charge is 2.31. The van der Waals surface area contributed by atoms with Gasteiger partial charge in [-0.05, 0) is 61.7 Å². The average Bonchev–Trinajstić information content (AvgIpc) is 2.97. The summed E-state index contributed by atoms with van der Waals surface area (Å²) in [5, 5.41) is 13.3. The number of amides is 1. The maximum absolute atomic E-state index is 13.7. The molecule has 0 bridgehead atoms. The van der Waals surface area contributed by atoms with E-state index in [4.69, 9.17) is 41.2 Å². The lowest BCUT2D eigenvalue weighted by molar-refractivity contribution is -0.150. The first kappa shape index (κ1) is 35.8. The monoisotopic (exact) mass is 609 g/mol. The SMILES string of the molecule is CCOC(=O)CN(CC(C)OC)C(=O)[C@H](CCCN=C(N)N)NS(=O)(=O)c1ccc2cc(OC)c(OC)cc2c1.N#N. The minimum absolute atomic E-state index is 0.0396. The van der Waals surface area contributed by atoms with Crippen molar-refractivity contribution in [3.8, 4) is 11.5 Å². The number of fused-ring (bicyclic) bond motifs is 1. The van der Waals surface area contributed by atoms with Crippen molar-refractivity contribution in [3.63, 3.8) is 0 Å². The molecule has 0 radical (unpaired) electrons. The molecule has 15 nitrogen and oxygen atoms in total. The molecular weight excluding hydrogens is 570 g/mol. The molecule has 0 aliphatic rings. The number of nitrogens with two attached hydrogens (primary N) is 2. The molecule has 0 saturated heterocycles. The molecule has 232 valence electrons. The van der Waals surface area contributed by atoms with Crippen LogP contribution in [0.3, 0.4) is 0 Å². The predicted molar refractivity (Wildman–Crippen MR) is 154 cm³/mol. The van der Waals surface area contributed by atoms with Crippen molar-refractivity contribution < 1.29 is 37.0 Å². The smallest absolute Gasteiger partial charge is 0.325 e. The first-order chi connectivity index (χ1) is 19.9. The second-order valence-corrected chi connectivity index (χ2v) is 10.6. The number of aliphatic imine (C=N–C) groups is 1. The van der Waals surface area contributed by atoms with Crippen LogP contribution in [0.15, 0.2) is 40.2 Å². The van der Waals surface area contributed by atoms with E-state index in [-0.39, 0.29) is 43.5 Å². The number of hydrogen-bond donors (Lipinski definition) is 3. The van der Waals surface area contributed by atoms with Crippen LogP contribution < -0.4 is 25.7 Å². The second-order valence-electron chi connectivity index (χ2n) is 8.91. The van der Waals surface area contributed by atoms with Crippen LogP contribution in [0.25, 0.3) is 10.8 Å². The molecule has 5 N–H and O–H groups in total. The fraction of sp³-hybridized carbons (Fsp3) is 0.500. The number of benzene rings is 2. The number of ether oxygens (including phenoxy) is 4. The van der Waals surface area contributed by atoms with Crippen LogP contribution in [-0.4, -0.2) is 90.9 Å². The van der Waals surface area contributed by atoms with Crippen molar-refractivity contribution >= 4 is 38.6 Å². The van der Waals surface area contributed by atoms with Crippen LogP contribution in [0.2, 0.25) is 0 Å². The Hall–Kier alpha value is -4.20. The molecule has 2 aromatic carbocycles. The minimum Gasteiger partial charge on any atom is -0.493 e. The van der Waals surface area contributed by atoms with Gasteiger partial charge < -0.3 is 35.3 Å². The Morgan fingerprint density at radius 1 is 1.05 bits per heavy atom.